The molecule has 1 saturated carbocycles. The Labute approximate surface area is 82.9 Å². The third kappa shape index (κ3) is 5.30. The molecule has 1 aliphatic rings. The van der Waals surface area contributed by atoms with Crippen LogP contribution in [0.15, 0.2) is 0 Å². The molecule has 0 aliphatic heterocycles. The summed E-state index contributed by atoms with van der Waals surface area (Å²) < 4.78 is 5.83. The topological polar surface area (TPSA) is 9.23 Å². The number of ether oxygens (including phenoxy) is 1. The van der Waals surface area contributed by atoms with E-state index < -0.39 is 0 Å². The molecule has 0 unspecified atom stereocenters. The largest absolute Gasteiger partial charge is 0.378 e. The molecule has 1 fully saturated rings. The Morgan fingerprint density at radius 1 is 1.00 bits per heavy atom. The van der Waals surface area contributed by atoms with Gasteiger partial charge in [0.15, 0.2) is 0 Å². The first-order chi connectivity index (χ1) is 6.43. The fourth-order valence-electron chi connectivity index (χ4n) is 2.01. The van der Waals surface area contributed by atoms with Crippen molar-refractivity contribution >= 4 is 0 Å². The molecule has 0 amide bonds. The van der Waals surface area contributed by atoms with Crippen LogP contribution in [-0.4, -0.2) is 12.7 Å². The van der Waals surface area contributed by atoms with Crippen molar-refractivity contribution in [3.8, 4) is 0 Å². The number of unbranched alkanes of at least 4 members (excludes halogenated alkanes) is 3. The van der Waals surface area contributed by atoms with Crippen LogP contribution >= 0.6 is 0 Å². The normalized spacial score (nSPS) is 19.2. The Bertz CT molecular complexity index is 106. The van der Waals surface area contributed by atoms with E-state index in [2.05, 4.69) is 6.92 Å². The maximum absolute atomic E-state index is 5.83. The van der Waals surface area contributed by atoms with Gasteiger partial charge in [-0.1, -0.05) is 45.4 Å². The standard InChI is InChI=1S/C12H24O/c1-2-3-4-8-11-13-12-9-6-5-7-10-12/h12H,2-11H2,1H3. The summed E-state index contributed by atoms with van der Waals surface area (Å²) in [6.07, 6.45) is 12.7. The summed E-state index contributed by atoms with van der Waals surface area (Å²) in [4.78, 5) is 0. The van der Waals surface area contributed by atoms with Gasteiger partial charge in [-0.25, -0.2) is 0 Å². The van der Waals surface area contributed by atoms with Gasteiger partial charge in [0.1, 0.15) is 0 Å². The summed E-state index contributed by atoms with van der Waals surface area (Å²) in [7, 11) is 0. The maximum atomic E-state index is 5.83. The Morgan fingerprint density at radius 3 is 2.46 bits per heavy atom. The molecule has 0 radical (unpaired) electrons. The lowest BCUT2D eigenvalue weighted by molar-refractivity contribution is 0.0263. The molecular weight excluding hydrogens is 160 g/mol. The minimum absolute atomic E-state index is 0.607. The third-order valence-corrected chi connectivity index (χ3v) is 2.90. The zero-order chi connectivity index (χ0) is 9.36. The van der Waals surface area contributed by atoms with Crippen LogP contribution in [0.2, 0.25) is 0 Å². The van der Waals surface area contributed by atoms with Crippen LogP contribution in [0.4, 0.5) is 0 Å². The first-order valence-corrected chi connectivity index (χ1v) is 6.05. The molecule has 13 heavy (non-hydrogen) atoms. The van der Waals surface area contributed by atoms with Gasteiger partial charge in [-0.3, -0.25) is 0 Å². The first kappa shape index (κ1) is 11.0. The lowest BCUT2D eigenvalue weighted by Crippen LogP contribution is -2.17. The molecule has 0 aromatic rings. The van der Waals surface area contributed by atoms with Crippen molar-refractivity contribution in [3.63, 3.8) is 0 Å². The zero-order valence-electron chi connectivity index (χ0n) is 9.06. The second kappa shape index (κ2) is 7.37. The van der Waals surface area contributed by atoms with Crippen molar-refractivity contribution in [3.05, 3.63) is 0 Å². The SMILES string of the molecule is CCCCCCOC1CCCCC1. The van der Waals surface area contributed by atoms with Crippen molar-refractivity contribution in [1.82, 2.24) is 0 Å². The van der Waals surface area contributed by atoms with Gasteiger partial charge >= 0.3 is 0 Å². The summed E-state index contributed by atoms with van der Waals surface area (Å²) in [5.41, 5.74) is 0. The predicted octanol–water partition coefficient (Wildman–Crippen LogP) is 3.92. The van der Waals surface area contributed by atoms with Crippen LogP contribution in [-0.2, 0) is 4.74 Å². The van der Waals surface area contributed by atoms with Crippen molar-refractivity contribution in [2.24, 2.45) is 0 Å². The smallest absolute Gasteiger partial charge is 0.0575 e. The molecule has 1 nitrogen and oxygen atoms in total. The highest BCUT2D eigenvalue weighted by atomic mass is 16.5. The minimum atomic E-state index is 0.607. The third-order valence-electron chi connectivity index (χ3n) is 2.90. The number of hydrogen-bond donors (Lipinski definition) is 0. The van der Waals surface area contributed by atoms with E-state index in [1.165, 1.54) is 57.8 Å². The second-order valence-electron chi connectivity index (χ2n) is 4.19. The van der Waals surface area contributed by atoms with Crippen LogP contribution < -0.4 is 0 Å². The fourth-order valence-corrected chi connectivity index (χ4v) is 2.01. The highest BCUT2D eigenvalue weighted by Crippen LogP contribution is 2.20. The summed E-state index contributed by atoms with van der Waals surface area (Å²) in [6.45, 7) is 3.26. The molecular formula is C12H24O. The van der Waals surface area contributed by atoms with Crippen molar-refractivity contribution in [2.75, 3.05) is 6.61 Å². The molecule has 0 heterocycles. The van der Waals surface area contributed by atoms with Crippen LogP contribution in [0.25, 0.3) is 0 Å². The van der Waals surface area contributed by atoms with Gasteiger partial charge < -0.3 is 4.74 Å². The summed E-state index contributed by atoms with van der Waals surface area (Å²) in [6, 6.07) is 0. The van der Waals surface area contributed by atoms with Crippen LogP contribution in [0.3, 0.4) is 0 Å². The van der Waals surface area contributed by atoms with Crippen molar-refractivity contribution in [2.45, 2.75) is 70.8 Å². The molecule has 1 rings (SSSR count). The van der Waals surface area contributed by atoms with Gasteiger partial charge in [0.2, 0.25) is 0 Å². The van der Waals surface area contributed by atoms with E-state index in [-0.39, 0.29) is 0 Å². The molecule has 0 N–H and O–H groups in total. The second-order valence-corrected chi connectivity index (χ2v) is 4.19. The number of hydrogen-bond acceptors (Lipinski definition) is 1. The first-order valence-electron chi connectivity index (χ1n) is 6.05. The molecule has 0 spiro atoms. The molecule has 78 valence electrons. The monoisotopic (exact) mass is 184 g/mol. The van der Waals surface area contributed by atoms with Crippen molar-refractivity contribution in [1.29, 1.82) is 0 Å². The lowest BCUT2D eigenvalue weighted by atomic mass is 9.98. The molecule has 0 saturated heterocycles. The quantitative estimate of drug-likeness (QED) is 0.569. The Kier molecular flexibility index (Phi) is 6.26. The van der Waals surface area contributed by atoms with Gasteiger partial charge in [0.05, 0.1) is 6.10 Å². The van der Waals surface area contributed by atoms with E-state index in [0.717, 1.165) is 6.61 Å². The summed E-state index contributed by atoms with van der Waals surface area (Å²) in [5.74, 6) is 0. The highest BCUT2D eigenvalue weighted by Gasteiger charge is 2.12. The summed E-state index contributed by atoms with van der Waals surface area (Å²) in [5, 5.41) is 0. The highest BCUT2D eigenvalue weighted by molar-refractivity contribution is 4.64. The summed E-state index contributed by atoms with van der Waals surface area (Å²) >= 11 is 0. The molecule has 0 atom stereocenters. The van der Waals surface area contributed by atoms with E-state index >= 15 is 0 Å². The van der Waals surface area contributed by atoms with E-state index in [9.17, 15) is 0 Å². The molecule has 0 aromatic carbocycles. The van der Waals surface area contributed by atoms with Gasteiger partial charge in [0, 0.05) is 6.61 Å². The predicted molar refractivity (Wildman–Crippen MR) is 57.0 cm³/mol. The average Bonchev–Trinajstić information content (AvgIpc) is 2.19. The maximum Gasteiger partial charge on any atom is 0.0575 e. The van der Waals surface area contributed by atoms with Gasteiger partial charge in [-0.15, -0.1) is 0 Å². The van der Waals surface area contributed by atoms with Gasteiger partial charge in [0.25, 0.3) is 0 Å². The Balaban J connectivity index is 1.86. The van der Waals surface area contributed by atoms with E-state index in [1.807, 2.05) is 0 Å². The van der Waals surface area contributed by atoms with Crippen LogP contribution in [0, 0.1) is 0 Å². The van der Waals surface area contributed by atoms with E-state index in [4.69, 9.17) is 4.74 Å². The zero-order valence-corrected chi connectivity index (χ0v) is 9.06. The average molecular weight is 184 g/mol. The van der Waals surface area contributed by atoms with E-state index in [1.54, 1.807) is 0 Å². The van der Waals surface area contributed by atoms with Gasteiger partial charge in [-0.05, 0) is 19.3 Å². The lowest BCUT2D eigenvalue weighted by Gasteiger charge is -2.21. The van der Waals surface area contributed by atoms with Crippen LogP contribution in [0.1, 0.15) is 64.7 Å². The molecule has 1 heteroatoms. The molecule has 0 aromatic heterocycles. The fraction of sp³-hybridized carbons (Fsp3) is 1.00. The van der Waals surface area contributed by atoms with Crippen LogP contribution in [0.5, 0.6) is 0 Å². The minimum Gasteiger partial charge on any atom is -0.378 e. The van der Waals surface area contributed by atoms with E-state index in [0.29, 0.717) is 6.10 Å². The molecule has 0 bridgehead atoms. The van der Waals surface area contributed by atoms with Crippen molar-refractivity contribution < 1.29 is 4.74 Å². The van der Waals surface area contributed by atoms with Gasteiger partial charge in [-0.2, -0.15) is 0 Å². The molecule has 1 aliphatic carbocycles. The Hall–Kier alpha value is -0.0400. The number of rotatable bonds is 6. The Morgan fingerprint density at radius 2 is 1.77 bits per heavy atom.